The van der Waals surface area contributed by atoms with Gasteiger partial charge < -0.3 is 4.74 Å². The minimum Gasteiger partial charge on any atom is -0.367 e. The summed E-state index contributed by atoms with van der Waals surface area (Å²) in [4.78, 5) is 13.2. The van der Waals surface area contributed by atoms with E-state index in [1.807, 2.05) is 20.8 Å². The van der Waals surface area contributed by atoms with E-state index in [0.717, 1.165) is 30.2 Å². The molecule has 118 valence electrons. The van der Waals surface area contributed by atoms with Crippen LogP contribution in [0, 0.1) is 5.92 Å². The minimum atomic E-state index is -0.670. The van der Waals surface area contributed by atoms with E-state index in [0.29, 0.717) is 18.2 Å². The Balaban J connectivity index is 2.37. The summed E-state index contributed by atoms with van der Waals surface area (Å²) >= 11 is 3.48. The van der Waals surface area contributed by atoms with Gasteiger partial charge in [-0.05, 0) is 68.3 Å². The van der Waals surface area contributed by atoms with E-state index in [9.17, 15) is 4.79 Å². The normalized spacial score (nSPS) is 26.3. The number of nitrogens with zero attached hydrogens (tertiary/aromatic N) is 2. The molecule has 0 saturated heterocycles. The van der Waals surface area contributed by atoms with Crippen LogP contribution in [0.15, 0.2) is 10.7 Å². The van der Waals surface area contributed by atoms with Crippen LogP contribution in [0.4, 0.5) is 0 Å². The van der Waals surface area contributed by atoms with Gasteiger partial charge in [-0.15, -0.1) is 0 Å². The number of carbonyl (C=O) groups excluding carboxylic acids is 1. The van der Waals surface area contributed by atoms with Crippen molar-refractivity contribution in [2.24, 2.45) is 5.92 Å². The number of Topliss-reactive ketones (excluding diaryl/α,β-unsaturated/α-hetero) is 1. The van der Waals surface area contributed by atoms with E-state index in [2.05, 4.69) is 28.0 Å². The predicted octanol–water partition coefficient (Wildman–Crippen LogP) is 4.39. The highest BCUT2D eigenvalue weighted by atomic mass is 79.9. The number of ether oxygens (including phenoxy) is 1. The molecule has 2 rings (SSSR count). The van der Waals surface area contributed by atoms with E-state index in [-0.39, 0.29) is 11.8 Å². The second-order valence-electron chi connectivity index (χ2n) is 6.32. The highest BCUT2D eigenvalue weighted by molar-refractivity contribution is 9.10. The summed E-state index contributed by atoms with van der Waals surface area (Å²) in [7, 11) is 0. The quantitative estimate of drug-likeness (QED) is 0.734. The van der Waals surface area contributed by atoms with Crippen molar-refractivity contribution in [3.8, 4) is 0 Å². The lowest BCUT2D eigenvalue weighted by atomic mass is 9.76. The highest BCUT2D eigenvalue weighted by Crippen LogP contribution is 2.38. The van der Waals surface area contributed by atoms with Gasteiger partial charge in [0.05, 0.1) is 10.7 Å². The van der Waals surface area contributed by atoms with Crippen molar-refractivity contribution >= 4 is 21.7 Å². The zero-order valence-corrected chi connectivity index (χ0v) is 14.9. The third-order valence-electron chi connectivity index (χ3n) is 4.37. The van der Waals surface area contributed by atoms with Gasteiger partial charge in [0.2, 0.25) is 5.78 Å². The van der Waals surface area contributed by atoms with Gasteiger partial charge in [0.1, 0.15) is 11.3 Å². The van der Waals surface area contributed by atoms with E-state index in [4.69, 9.17) is 4.74 Å². The molecule has 0 bridgehead atoms. The monoisotopic (exact) mass is 356 g/mol. The molecule has 4 nitrogen and oxygen atoms in total. The molecule has 0 atom stereocenters. The molecule has 0 aliphatic heterocycles. The van der Waals surface area contributed by atoms with Gasteiger partial charge in [-0.25, -0.2) is 0 Å². The third-order valence-corrected chi connectivity index (χ3v) is 4.95. The van der Waals surface area contributed by atoms with Gasteiger partial charge in [-0.1, -0.05) is 6.92 Å². The summed E-state index contributed by atoms with van der Waals surface area (Å²) in [6.45, 7) is 8.84. The molecule has 0 unspecified atom stereocenters. The number of hydrogen-bond donors (Lipinski definition) is 0. The molecular weight excluding hydrogens is 332 g/mol. The van der Waals surface area contributed by atoms with E-state index >= 15 is 0 Å². The molecule has 1 aromatic rings. The summed E-state index contributed by atoms with van der Waals surface area (Å²) in [5, 5.41) is 4.33. The van der Waals surface area contributed by atoms with Gasteiger partial charge in [-0.3, -0.25) is 9.48 Å². The molecular formula is C16H25BrN2O2. The van der Waals surface area contributed by atoms with Crippen molar-refractivity contribution in [2.45, 2.75) is 65.0 Å². The number of carbonyl (C=O) groups is 1. The molecule has 0 amide bonds. The molecule has 0 N–H and O–H groups in total. The molecule has 1 aromatic heterocycles. The Hall–Kier alpha value is -0.680. The van der Waals surface area contributed by atoms with E-state index in [1.54, 1.807) is 10.9 Å². The van der Waals surface area contributed by atoms with E-state index < -0.39 is 5.60 Å². The SMILES string of the molecule is CCOC1(C(=O)c2c(Br)cnn2C(C)C)CCC(C)CC1. The lowest BCUT2D eigenvalue weighted by Gasteiger charge is -2.38. The lowest BCUT2D eigenvalue weighted by Crippen LogP contribution is -2.45. The van der Waals surface area contributed by atoms with Crippen LogP contribution in [0.2, 0.25) is 0 Å². The van der Waals surface area contributed by atoms with Crippen molar-refractivity contribution in [3.63, 3.8) is 0 Å². The third kappa shape index (κ3) is 3.24. The van der Waals surface area contributed by atoms with Crippen LogP contribution in [0.3, 0.4) is 0 Å². The standard InChI is InChI=1S/C16H25BrN2O2/c1-5-21-16(8-6-12(4)7-9-16)15(20)14-13(17)10-18-19(14)11(2)3/h10-12H,5-9H2,1-4H3. The fraction of sp³-hybridized carbons (Fsp3) is 0.750. The van der Waals surface area contributed by atoms with Crippen molar-refractivity contribution in [2.75, 3.05) is 6.61 Å². The maximum atomic E-state index is 13.2. The number of ketones is 1. The zero-order valence-electron chi connectivity index (χ0n) is 13.4. The summed E-state index contributed by atoms with van der Waals surface area (Å²) in [6.07, 6.45) is 5.39. The first-order chi connectivity index (χ1) is 9.91. The first kappa shape index (κ1) is 16.7. The van der Waals surface area contributed by atoms with Gasteiger partial charge in [0.15, 0.2) is 0 Å². The number of halogens is 1. The van der Waals surface area contributed by atoms with Crippen LogP contribution >= 0.6 is 15.9 Å². The fourth-order valence-electron chi connectivity index (χ4n) is 3.10. The Morgan fingerprint density at radius 1 is 1.52 bits per heavy atom. The van der Waals surface area contributed by atoms with Gasteiger partial charge in [0, 0.05) is 12.6 Å². The zero-order chi connectivity index (χ0) is 15.6. The van der Waals surface area contributed by atoms with E-state index in [1.165, 1.54) is 0 Å². The Bertz CT molecular complexity index is 502. The second-order valence-corrected chi connectivity index (χ2v) is 7.17. The molecule has 21 heavy (non-hydrogen) atoms. The van der Waals surface area contributed by atoms with Crippen molar-refractivity contribution in [1.82, 2.24) is 9.78 Å². The Morgan fingerprint density at radius 3 is 2.67 bits per heavy atom. The maximum Gasteiger partial charge on any atom is 0.213 e. The number of aromatic nitrogens is 2. The average Bonchev–Trinajstić information content (AvgIpc) is 2.83. The molecule has 1 aliphatic carbocycles. The average molecular weight is 357 g/mol. The molecule has 1 heterocycles. The van der Waals surface area contributed by atoms with Crippen LogP contribution in [-0.2, 0) is 4.74 Å². The summed E-state index contributed by atoms with van der Waals surface area (Å²) in [5.74, 6) is 0.749. The predicted molar refractivity (Wildman–Crippen MR) is 86.6 cm³/mol. The molecule has 1 saturated carbocycles. The Labute approximate surface area is 135 Å². The Morgan fingerprint density at radius 2 is 2.14 bits per heavy atom. The first-order valence-corrected chi connectivity index (χ1v) is 8.62. The van der Waals surface area contributed by atoms with Gasteiger partial charge in [-0.2, -0.15) is 5.10 Å². The largest absolute Gasteiger partial charge is 0.367 e. The summed E-state index contributed by atoms with van der Waals surface area (Å²) in [5.41, 5.74) is -0.0239. The minimum absolute atomic E-state index is 0.0781. The molecule has 1 aliphatic rings. The van der Waals surface area contributed by atoms with Crippen LogP contribution in [0.5, 0.6) is 0 Å². The fourth-order valence-corrected chi connectivity index (χ4v) is 3.56. The smallest absolute Gasteiger partial charge is 0.213 e. The molecule has 0 spiro atoms. The second kappa shape index (κ2) is 6.61. The number of rotatable bonds is 5. The van der Waals surface area contributed by atoms with Crippen LogP contribution < -0.4 is 0 Å². The number of hydrogen-bond acceptors (Lipinski definition) is 3. The van der Waals surface area contributed by atoms with Crippen LogP contribution in [0.1, 0.15) is 69.9 Å². The molecule has 1 fully saturated rings. The van der Waals surface area contributed by atoms with Gasteiger partial charge >= 0.3 is 0 Å². The van der Waals surface area contributed by atoms with Crippen molar-refractivity contribution in [3.05, 3.63) is 16.4 Å². The first-order valence-electron chi connectivity index (χ1n) is 7.83. The Kier molecular flexibility index (Phi) is 5.25. The highest BCUT2D eigenvalue weighted by Gasteiger charge is 2.44. The summed E-state index contributed by atoms with van der Waals surface area (Å²) < 4.78 is 8.54. The molecule has 0 radical (unpaired) electrons. The van der Waals surface area contributed by atoms with Crippen LogP contribution in [0.25, 0.3) is 0 Å². The molecule has 0 aromatic carbocycles. The molecule has 5 heteroatoms. The van der Waals surface area contributed by atoms with Crippen molar-refractivity contribution in [1.29, 1.82) is 0 Å². The lowest BCUT2D eigenvalue weighted by molar-refractivity contribution is -0.0481. The topological polar surface area (TPSA) is 44.1 Å². The van der Waals surface area contributed by atoms with Gasteiger partial charge in [0.25, 0.3) is 0 Å². The van der Waals surface area contributed by atoms with Crippen molar-refractivity contribution < 1.29 is 9.53 Å². The summed E-state index contributed by atoms with van der Waals surface area (Å²) in [6, 6.07) is 0.149. The van der Waals surface area contributed by atoms with Crippen LogP contribution in [-0.4, -0.2) is 27.8 Å². The maximum absolute atomic E-state index is 13.2.